The van der Waals surface area contributed by atoms with Crippen LogP contribution in [0.25, 0.3) is 220 Å². The van der Waals surface area contributed by atoms with Crippen LogP contribution < -0.4 is 0 Å². The Morgan fingerprint density at radius 3 is 0.371 bits per heavy atom. The van der Waals surface area contributed by atoms with E-state index in [0.29, 0.717) is 58.3 Å². The van der Waals surface area contributed by atoms with Crippen LogP contribution in [0, 0.1) is 0 Å². The zero-order valence-electron chi connectivity index (χ0n) is 71.0. The Bertz CT molecular complexity index is 8210. The van der Waals surface area contributed by atoms with E-state index in [0.717, 1.165) is 174 Å². The lowest BCUT2D eigenvalue weighted by Gasteiger charge is -2.40. The van der Waals surface area contributed by atoms with Crippen molar-refractivity contribution in [2.24, 2.45) is 0 Å². The molecular weight excluding hydrogens is 1620 g/mol. The van der Waals surface area contributed by atoms with E-state index >= 15 is 19.2 Å². The SMILES string of the molecule is O=C1c2c(c(-n3c4ccccc4c4ccccc43)c(-n3c4ccccc4c4ccccc43)c(-n3c4ccccc4c4ccccc43)c2-n2c3ccccc3c3ccccc32)C(=O)N1C1CCCCC1N1C(=O)c2c(c(-n3c4ccccc4c4ccccc43)c(-n3c4ccccc4c4ccccc43)c(-n3c4ccccc4c4ccccc43)c2-n2c3ccccc3c3ccccc32)C1=O. The molecule has 14 nitrogen and oxygen atoms in total. The molecule has 0 saturated heterocycles. The Morgan fingerprint density at radius 1 is 0.144 bits per heavy atom. The molecule has 18 aromatic carbocycles. The summed E-state index contributed by atoms with van der Waals surface area (Å²) in [5.41, 5.74) is 18.9. The lowest BCUT2D eigenvalue weighted by Crippen LogP contribution is -2.56. The average Bonchev–Trinajstić information content (AvgIpc) is 1.49. The van der Waals surface area contributed by atoms with E-state index in [2.05, 4.69) is 425 Å². The van der Waals surface area contributed by atoms with Crippen molar-refractivity contribution in [3.05, 3.63) is 411 Å². The van der Waals surface area contributed by atoms with E-state index in [4.69, 9.17) is 0 Å². The summed E-state index contributed by atoms with van der Waals surface area (Å²) in [5, 5.41) is 15.6. The number of aromatic nitrogens is 8. The zero-order chi connectivity index (χ0) is 86.7. The van der Waals surface area contributed by atoms with Crippen molar-refractivity contribution in [2.75, 3.05) is 0 Å². The monoisotopic (exact) mass is 1690 g/mol. The number of carbonyl (C=O) groups excluding carboxylic acids is 4. The van der Waals surface area contributed by atoms with Crippen LogP contribution >= 0.6 is 0 Å². The zero-order valence-corrected chi connectivity index (χ0v) is 71.0. The van der Waals surface area contributed by atoms with E-state index in [1.807, 2.05) is 0 Å². The summed E-state index contributed by atoms with van der Waals surface area (Å²) in [7, 11) is 0. The molecule has 14 heteroatoms. The standard InChI is InChI=1S/C118H74N10O4/c129-115-103-104(108(120-87-53-19-3-37-71(87)72-38-4-20-54-88(72)120)112(124-95-61-27-11-45-79(95)80-46-12-28-62-96(80)124)111(123-93-59-25-9-43-77(93)78-44-10-26-60-94(78)123)107(103)119-85-51-17-1-35-69(85)70-36-2-18-52-86(70)119)116(130)127(115)101-67-33-34-68-102(101)128-117(131)105-106(118(128)132)110(122-91-57-23-7-41-75(91)76-42-8-24-58-92(76)122)114(126-99-65-31-15-49-83(99)84-50-16-32-66-100(84)126)113(125-97-63-29-13-47-81(97)82-48-14-30-64-98(82)125)109(105)121-89-55-21-5-39-73(89)74-40-6-22-56-90(74)121/h1-32,35-66,101-102H,33-34,67-68H2. The molecule has 0 spiro atoms. The van der Waals surface area contributed by atoms with Crippen LogP contribution in [-0.4, -0.2) is 82.0 Å². The van der Waals surface area contributed by atoms with Gasteiger partial charge in [-0.2, -0.15) is 0 Å². The molecule has 10 heterocycles. The maximum absolute atomic E-state index is 18.9. The molecule has 4 amide bonds. The van der Waals surface area contributed by atoms with Crippen molar-refractivity contribution < 1.29 is 19.2 Å². The van der Waals surface area contributed by atoms with Gasteiger partial charge in [-0.3, -0.25) is 29.0 Å². The summed E-state index contributed by atoms with van der Waals surface area (Å²) in [4.78, 5) is 78.8. The molecule has 1 fully saturated rings. The van der Waals surface area contributed by atoms with Crippen LogP contribution in [0.2, 0.25) is 0 Å². The molecule has 3 aliphatic rings. The van der Waals surface area contributed by atoms with E-state index in [1.54, 1.807) is 0 Å². The Hall–Kier alpha value is -17.4. The van der Waals surface area contributed by atoms with Gasteiger partial charge < -0.3 is 36.5 Å². The number of amides is 4. The average molecular weight is 1700 g/mol. The van der Waals surface area contributed by atoms with Crippen molar-refractivity contribution in [1.82, 2.24) is 46.3 Å². The molecule has 8 aromatic heterocycles. The number of fused-ring (bicyclic) bond motifs is 26. The first-order valence-electron chi connectivity index (χ1n) is 45.5. The molecule has 2 aliphatic heterocycles. The highest BCUT2D eigenvalue weighted by Crippen LogP contribution is 2.57. The molecule has 1 aliphatic carbocycles. The highest BCUT2D eigenvalue weighted by atomic mass is 16.2. The second-order valence-corrected chi connectivity index (χ2v) is 35.6. The van der Waals surface area contributed by atoms with Gasteiger partial charge in [0, 0.05) is 86.2 Å². The van der Waals surface area contributed by atoms with Gasteiger partial charge in [0.15, 0.2) is 0 Å². The van der Waals surface area contributed by atoms with E-state index in [1.165, 1.54) is 9.80 Å². The number of nitrogens with zero attached hydrogens (tertiary/aromatic N) is 10. The smallest absolute Gasteiger partial charge is 0.264 e. The molecule has 0 bridgehead atoms. The van der Waals surface area contributed by atoms with Crippen molar-refractivity contribution in [2.45, 2.75) is 37.8 Å². The molecule has 2 atom stereocenters. The van der Waals surface area contributed by atoms with Crippen molar-refractivity contribution in [1.29, 1.82) is 0 Å². The van der Waals surface area contributed by atoms with Crippen molar-refractivity contribution in [3.8, 4) is 45.5 Å². The quantitative estimate of drug-likeness (QED) is 0.127. The van der Waals surface area contributed by atoms with Crippen molar-refractivity contribution in [3.63, 3.8) is 0 Å². The van der Waals surface area contributed by atoms with Crippen LogP contribution in [0.3, 0.4) is 0 Å². The summed E-state index contributed by atoms with van der Waals surface area (Å²) in [6, 6.07) is 133. The van der Waals surface area contributed by atoms with Gasteiger partial charge in [-0.05, 0) is 110 Å². The third kappa shape index (κ3) is 9.44. The van der Waals surface area contributed by atoms with Gasteiger partial charge in [0.1, 0.15) is 0 Å². The summed E-state index contributed by atoms with van der Waals surface area (Å²) in [6.07, 6.45) is 1.62. The van der Waals surface area contributed by atoms with E-state index < -0.39 is 35.7 Å². The maximum atomic E-state index is 18.9. The fourth-order valence-corrected chi connectivity index (χ4v) is 24.2. The summed E-state index contributed by atoms with van der Waals surface area (Å²) >= 11 is 0. The first-order chi connectivity index (χ1) is 65.4. The second-order valence-electron chi connectivity index (χ2n) is 35.6. The first kappa shape index (κ1) is 72.8. The predicted molar refractivity (Wildman–Crippen MR) is 535 cm³/mol. The molecule has 29 rings (SSSR count). The number of para-hydroxylation sites is 16. The second kappa shape index (κ2) is 27.1. The lowest BCUT2D eigenvalue weighted by atomic mass is 9.88. The number of carbonyl (C=O) groups is 4. The summed E-state index contributed by atoms with van der Waals surface area (Å²) in [5.74, 6) is -2.18. The Morgan fingerprint density at radius 2 is 0.250 bits per heavy atom. The van der Waals surface area contributed by atoms with Crippen molar-refractivity contribution >= 4 is 198 Å². The minimum absolute atomic E-state index is 0.186. The number of benzene rings is 18. The first-order valence-corrected chi connectivity index (χ1v) is 45.5. The van der Waals surface area contributed by atoms with E-state index in [-0.39, 0.29) is 35.1 Å². The topological polar surface area (TPSA) is 114 Å². The Labute approximate surface area is 752 Å². The van der Waals surface area contributed by atoms with Crippen LogP contribution in [-0.2, 0) is 0 Å². The molecule has 2 unspecified atom stereocenters. The molecule has 0 N–H and O–H groups in total. The molecule has 26 aromatic rings. The van der Waals surface area contributed by atoms with Gasteiger partial charge in [0.25, 0.3) is 23.6 Å². The Kier molecular flexibility index (Phi) is 14.9. The lowest BCUT2D eigenvalue weighted by molar-refractivity contribution is 0.0291. The maximum Gasteiger partial charge on any atom is 0.264 e. The van der Waals surface area contributed by atoms with Gasteiger partial charge in [0.2, 0.25) is 0 Å². The molecule has 1 saturated carbocycles. The minimum Gasteiger partial charge on any atom is -0.306 e. The number of imide groups is 2. The fraction of sp³-hybridized carbons (Fsp3) is 0.0508. The fourth-order valence-electron chi connectivity index (χ4n) is 24.2. The van der Waals surface area contributed by atoms with Crippen LogP contribution in [0.1, 0.15) is 67.1 Å². The Balaban J connectivity index is 0.775. The third-order valence-electron chi connectivity index (χ3n) is 29.3. The highest BCUT2D eigenvalue weighted by molar-refractivity contribution is 6.32. The van der Waals surface area contributed by atoms with Crippen LogP contribution in [0.4, 0.5) is 0 Å². The normalized spacial score (nSPS) is 15.0. The summed E-state index contributed by atoms with van der Waals surface area (Å²) in [6.45, 7) is 0. The minimum atomic E-state index is -1.12. The largest absolute Gasteiger partial charge is 0.306 e. The number of hydrogen-bond donors (Lipinski definition) is 0. The van der Waals surface area contributed by atoms with Crippen LogP contribution in [0.15, 0.2) is 388 Å². The van der Waals surface area contributed by atoms with Gasteiger partial charge in [0.05, 0.1) is 168 Å². The number of hydrogen-bond acceptors (Lipinski definition) is 4. The van der Waals surface area contributed by atoms with Gasteiger partial charge >= 0.3 is 0 Å². The van der Waals surface area contributed by atoms with Gasteiger partial charge in [-0.25, -0.2) is 0 Å². The van der Waals surface area contributed by atoms with Gasteiger partial charge in [-0.1, -0.05) is 304 Å². The predicted octanol–water partition coefficient (Wildman–Crippen LogP) is 27.7. The third-order valence-corrected chi connectivity index (χ3v) is 29.3. The van der Waals surface area contributed by atoms with Gasteiger partial charge in [-0.15, -0.1) is 0 Å². The highest BCUT2D eigenvalue weighted by Gasteiger charge is 2.56. The molecular formula is C118H74N10O4. The summed E-state index contributed by atoms with van der Waals surface area (Å²) < 4.78 is 18.5. The molecule has 620 valence electrons. The number of rotatable bonds is 10. The molecule has 0 radical (unpaired) electrons. The van der Waals surface area contributed by atoms with E-state index in [9.17, 15) is 0 Å². The molecule has 132 heavy (non-hydrogen) atoms. The van der Waals surface area contributed by atoms with Crippen LogP contribution in [0.5, 0.6) is 0 Å².